The van der Waals surface area contributed by atoms with Crippen molar-refractivity contribution in [3.05, 3.63) is 0 Å². The number of nitrogens with zero attached hydrogens (tertiary/aromatic N) is 2. The molecule has 174 valence electrons. The zero-order valence-corrected chi connectivity index (χ0v) is 16.8. The van der Waals surface area contributed by atoms with Crippen LogP contribution < -0.4 is 0 Å². The maximum Gasteiger partial charge on any atom is 0.358 e. The molecule has 0 radical (unpaired) electrons. The van der Waals surface area contributed by atoms with Gasteiger partial charge in [-0.25, -0.2) is 9.59 Å². The van der Waals surface area contributed by atoms with Crippen LogP contribution in [0.25, 0.3) is 0 Å². The molecule has 4 amide bonds. The Bertz CT molecular complexity index is 744. The lowest BCUT2D eigenvalue weighted by atomic mass is 10.1. The summed E-state index contributed by atoms with van der Waals surface area (Å²) < 4.78 is 22.1. The number of rotatable bonds is 8. The number of carbonyl (C=O) groups is 6. The van der Waals surface area contributed by atoms with E-state index in [1.807, 2.05) is 0 Å². The van der Waals surface area contributed by atoms with Gasteiger partial charge < -0.3 is 28.6 Å². The standard InChI is InChI=1S/C18H20N2O12/c21-11-1-2-12(22)19(11)31-15(25)7-27-9-5-29-18-10(6-30-17(9)18)28-8-16(26)32-20-13(23)3-4-14(20)24/h9-10,17-18H,1-8H2/t9-,10+,17-,18-/m1/s1. The third-order valence-electron chi connectivity index (χ3n) is 5.19. The zero-order valence-electron chi connectivity index (χ0n) is 16.8. The Balaban J connectivity index is 1.19. The largest absolute Gasteiger partial charge is 0.370 e. The van der Waals surface area contributed by atoms with Crippen LogP contribution in [0.4, 0.5) is 0 Å². The van der Waals surface area contributed by atoms with Crippen molar-refractivity contribution in [1.82, 2.24) is 10.1 Å². The quantitative estimate of drug-likeness (QED) is 0.362. The van der Waals surface area contributed by atoms with Gasteiger partial charge in [0.15, 0.2) is 0 Å². The van der Waals surface area contributed by atoms with Gasteiger partial charge >= 0.3 is 11.9 Å². The molecule has 4 aliphatic rings. The molecule has 0 bridgehead atoms. The predicted molar refractivity (Wildman–Crippen MR) is 93.3 cm³/mol. The summed E-state index contributed by atoms with van der Waals surface area (Å²) in [5, 5.41) is 0.857. The van der Waals surface area contributed by atoms with Crippen LogP contribution in [0.3, 0.4) is 0 Å². The molecule has 0 aromatic heterocycles. The molecule has 4 fully saturated rings. The summed E-state index contributed by atoms with van der Waals surface area (Å²) in [4.78, 5) is 79.1. The number of carbonyl (C=O) groups excluding carboxylic acids is 6. The van der Waals surface area contributed by atoms with E-state index in [0.29, 0.717) is 10.1 Å². The van der Waals surface area contributed by atoms with Gasteiger partial charge in [0, 0.05) is 25.7 Å². The van der Waals surface area contributed by atoms with E-state index >= 15 is 0 Å². The number of ether oxygens (including phenoxy) is 4. The van der Waals surface area contributed by atoms with Crippen molar-refractivity contribution in [2.75, 3.05) is 26.4 Å². The van der Waals surface area contributed by atoms with E-state index in [9.17, 15) is 28.8 Å². The first-order valence-corrected chi connectivity index (χ1v) is 9.93. The van der Waals surface area contributed by atoms with Crippen molar-refractivity contribution in [1.29, 1.82) is 0 Å². The van der Waals surface area contributed by atoms with Gasteiger partial charge in [-0.3, -0.25) is 19.2 Å². The summed E-state index contributed by atoms with van der Waals surface area (Å²) in [6.45, 7) is -0.919. The molecule has 4 heterocycles. The van der Waals surface area contributed by atoms with E-state index in [4.69, 9.17) is 28.6 Å². The van der Waals surface area contributed by atoms with E-state index in [0.717, 1.165) is 0 Å². The maximum absolute atomic E-state index is 11.9. The summed E-state index contributed by atoms with van der Waals surface area (Å²) in [5.41, 5.74) is 0. The molecule has 4 saturated heterocycles. The molecule has 0 unspecified atom stereocenters. The number of fused-ring (bicyclic) bond motifs is 1. The third kappa shape index (κ3) is 4.62. The normalized spacial score (nSPS) is 29.8. The molecule has 4 rings (SSSR count). The van der Waals surface area contributed by atoms with Gasteiger partial charge in [-0.2, -0.15) is 0 Å². The van der Waals surface area contributed by atoms with Gasteiger partial charge in [-0.15, -0.1) is 10.1 Å². The topological polar surface area (TPSA) is 164 Å². The molecule has 0 spiro atoms. The molecule has 0 N–H and O–H groups in total. The Morgan fingerprint density at radius 2 is 1.03 bits per heavy atom. The SMILES string of the molecule is O=C(CO[C@H]1CO[C@H]2[C@@H]1OC[C@H]2OCC(=O)ON1C(=O)CCC1=O)ON1C(=O)CCC1=O. The van der Waals surface area contributed by atoms with Gasteiger partial charge in [-0.1, -0.05) is 0 Å². The van der Waals surface area contributed by atoms with E-state index in [-0.39, 0.29) is 38.9 Å². The van der Waals surface area contributed by atoms with E-state index in [1.54, 1.807) is 0 Å². The van der Waals surface area contributed by atoms with E-state index in [1.165, 1.54) is 0 Å². The fourth-order valence-corrected chi connectivity index (χ4v) is 3.64. The van der Waals surface area contributed by atoms with Crippen LogP contribution in [0.1, 0.15) is 25.7 Å². The molecule has 14 nitrogen and oxygen atoms in total. The second-order valence-electron chi connectivity index (χ2n) is 7.39. The summed E-state index contributed by atoms with van der Waals surface area (Å²) in [6.07, 6.45) is -2.50. The first-order chi connectivity index (χ1) is 15.3. The maximum atomic E-state index is 11.9. The van der Waals surface area contributed by atoms with Crippen LogP contribution in [0, 0.1) is 0 Å². The Hall–Kier alpha value is -2.94. The minimum atomic E-state index is -0.920. The average Bonchev–Trinajstić information content (AvgIpc) is 3.50. The second-order valence-corrected chi connectivity index (χ2v) is 7.39. The highest BCUT2D eigenvalue weighted by atomic mass is 16.7. The molecular formula is C18H20N2O12. The summed E-state index contributed by atoms with van der Waals surface area (Å²) in [5.74, 6) is -4.21. The van der Waals surface area contributed by atoms with Crippen molar-refractivity contribution < 1.29 is 57.4 Å². The van der Waals surface area contributed by atoms with Crippen molar-refractivity contribution >= 4 is 35.6 Å². The van der Waals surface area contributed by atoms with Crippen molar-refractivity contribution in [2.45, 2.75) is 50.1 Å². The van der Waals surface area contributed by atoms with Crippen LogP contribution in [0.2, 0.25) is 0 Å². The first kappa shape index (κ1) is 22.3. The number of hydrogen-bond donors (Lipinski definition) is 0. The average molecular weight is 456 g/mol. The molecule has 0 aliphatic carbocycles. The number of hydroxylamine groups is 4. The molecule has 14 heteroatoms. The Morgan fingerprint density at radius 1 is 0.688 bits per heavy atom. The zero-order chi connectivity index (χ0) is 22.8. The molecule has 0 aromatic carbocycles. The van der Waals surface area contributed by atoms with E-state index < -0.39 is 73.2 Å². The Labute approximate surface area is 180 Å². The van der Waals surface area contributed by atoms with Gasteiger partial charge in [0.05, 0.1) is 13.2 Å². The lowest BCUT2D eigenvalue weighted by Crippen LogP contribution is -2.38. The van der Waals surface area contributed by atoms with Gasteiger partial charge in [-0.05, 0) is 0 Å². The predicted octanol–water partition coefficient (Wildman–Crippen LogP) is -2.23. The van der Waals surface area contributed by atoms with Crippen molar-refractivity contribution in [2.24, 2.45) is 0 Å². The van der Waals surface area contributed by atoms with Gasteiger partial charge in [0.2, 0.25) is 0 Å². The highest BCUT2D eigenvalue weighted by molar-refractivity contribution is 6.02. The number of hydrogen-bond acceptors (Lipinski definition) is 12. The summed E-state index contributed by atoms with van der Waals surface area (Å²) in [6, 6.07) is 0. The highest BCUT2D eigenvalue weighted by Gasteiger charge is 2.49. The molecule has 4 aliphatic heterocycles. The minimum Gasteiger partial charge on any atom is -0.370 e. The Morgan fingerprint density at radius 3 is 1.38 bits per heavy atom. The summed E-state index contributed by atoms with van der Waals surface area (Å²) >= 11 is 0. The lowest BCUT2D eigenvalue weighted by Gasteiger charge is -2.18. The van der Waals surface area contributed by atoms with Crippen LogP contribution in [-0.4, -0.2) is 96.5 Å². The second kappa shape index (κ2) is 9.28. The monoisotopic (exact) mass is 456 g/mol. The van der Waals surface area contributed by atoms with Crippen LogP contribution in [-0.2, 0) is 57.4 Å². The third-order valence-corrected chi connectivity index (χ3v) is 5.19. The first-order valence-electron chi connectivity index (χ1n) is 9.93. The van der Waals surface area contributed by atoms with Gasteiger partial charge in [0.1, 0.15) is 37.6 Å². The van der Waals surface area contributed by atoms with Crippen LogP contribution >= 0.6 is 0 Å². The smallest absolute Gasteiger partial charge is 0.358 e. The lowest BCUT2D eigenvalue weighted by molar-refractivity contribution is -0.202. The highest BCUT2D eigenvalue weighted by Crippen LogP contribution is 2.30. The molecular weight excluding hydrogens is 436 g/mol. The van der Waals surface area contributed by atoms with Crippen LogP contribution in [0.5, 0.6) is 0 Å². The fraction of sp³-hybridized carbons (Fsp3) is 0.667. The van der Waals surface area contributed by atoms with E-state index in [2.05, 4.69) is 0 Å². The molecule has 32 heavy (non-hydrogen) atoms. The fourth-order valence-electron chi connectivity index (χ4n) is 3.64. The minimum absolute atomic E-state index is 0.0133. The Kier molecular flexibility index (Phi) is 6.45. The number of amides is 4. The molecule has 4 atom stereocenters. The van der Waals surface area contributed by atoms with Crippen molar-refractivity contribution in [3.63, 3.8) is 0 Å². The van der Waals surface area contributed by atoms with Gasteiger partial charge in [0.25, 0.3) is 23.6 Å². The molecule has 0 saturated carbocycles. The van der Waals surface area contributed by atoms with Crippen LogP contribution in [0.15, 0.2) is 0 Å². The van der Waals surface area contributed by atoms with Crippen molar-refractivity contribution in [3.8, 4) is 0 Å². The molecule has 0 aromatic rings. The number of imide groups is 2. The summed E-state index contributed by atoms with van der Waals surface area (Å²) in [7, 11) is 0.